The molecule has 7 heteroatoms. The number of carbonyl (C=O) groups excluding carboxylic acids is 1. The fourth-order valence-corrected chi connectivity index (χ4v) is 4.39. The average molecular weight is 415 g/mol. The number of nitrogens with zero attached hydrogens (tertiary/aromatic N) is 3. The molecule has 0 radical (unpaired) electrons. The minimum Gasteiger partial charge on any atom is -0.486 e. The Morgan fingerprint density at radius 2 is 2.21 bits per heavy atom. The van der Waals surface area contributed by atoms with Crippen molar-refractivity contribution in [1.82, 2.24) is 20.1 Å². The summed E-state index contributed by atoms with van der Waals surface area (Å²) in [7, 11) is 0. The fraction of sp³-hybridized carbons (Fsp3) is 0.500. The van der Waals surface area contributed by atoms with Crippen molar-refractivity contribution in [2.75, 3.05) is 5.75 Å². The van der Waals surface area contributed by atoms with Crippen LogP contribution in [0.2, 0.25) is 0 Å². The van der Waals surface area contributed by atoms with Gasteiger partial charge in [-0.2, -0.15) is 0 Å². The molecule has 29 heavy (non-hydrogen) atoms. The molecule has 1 fully saturated rings. The van der Waals surface area contributed by atoms with Gasteiger partial charge in [-0.05, 0) is 43.4 Å². The van der Waals surface area contributed by atoms with Gasteiger partial charge in [-0.25, -0.2) is 0 Å². The third-order valence-corrected chi connectivity index (χ3v) is 6.22. The second-order valence-corrected chi connectivity index (χ2v) is 8.57. The van der Waals surface area contributed by atoms with Crippen molar-refractivity contribution in [3.05, 3.63) is 48.3 Å². The molecule has 0 spiro atoms. The third kappa shape index (κ3) is 6.10. The van der Waals surface area contributed by atoms with Gasteiger partial charge in [-0.1, -0.05) is 49.7 Å². The van der Waals surface area contributed by atoms with Gasteiger partial charge in [0.25, 0.3) is 0 Å². The number of rotatable bonds is 9. The molecule has 1 saturated carbocycles. The zero-order valence-electron chi connectivity index (χ0n) is 17.3. The molecule has 1 aromatic heterocycles. The lowest BCUT2D eigenvalue weighted by Crippen LogP contribution is -2.41. The van der Waals surface area contributed by atoms with Crippen LogP contribution in [0.3, 0.4) is 0 Å². The highest BCUT2D eigenvalue weighted by Crippen LogP contribution is 2.24. The first-order chi connectivity index (χ1) is 14.1. The molecule has 1 aliphatic carbocycles. The van der Waals surface area contributed by atoms with E-state index in [1.54, 1.807) is 6.08 Å². The predicted octanol–water partition coefficient (Wildman–Crippen LogP) is 4.14. The lowest BCUT2D eigenvalue weighted by Gasteiger charge is -2.29. The van der Waals surface area contributed by atoms with E-state index in [9.17, 15) is 4.79 Å². The Bertz CT molecular complexity index is 836. The van der Waals surface area contributed by atoms with E-state index in [0.29, 0.717) is 36.0 Å². The Kier molecular flexibility index (Phi) is 7.75. The van der Waals surface area contributed by atoms with Crippen LogP contribution >= 0.6 is 11.8 Å². The molecule has 2 aromatic rings. The van der Waals surface area contributed by atoms with E-state index in [0.717, 1.165) is 23.6 Å². The van der Waals surface area contributed by atoms with Crippen LogP contribution in [-0.4, -0.2) is 32.5 Å². The summed E-state index contributed by atoms with van der Waals surface area (Å²) in [5, 5.41) is 12.4. The number of thioether (sulfide) groups is 1. The SMILES string of the molecule is C=CCn1c(COc2cccc(C)c2)nnc1SCC(=O)N[C@H]1CCCC[C@H]1C. The van der Waals surface area contributed by atoms with Crippen molar-refractivity contribution < 1.29 is 9.53 Å². The van der Waals surface area contributed by atoms with Crippen LogP contribution in [0, 0.1) is 12.8 Å². The van der Waals surface area contributed by atoms with Crippen LogP contribution in [-0.2, 0) is 17.9 Å². The number of hydrogen-bond acceptors (Lipinski definition) is 5. The third-order valence-electron chi connectivity index (χ3n) is 5.25. The summed E-state index contributed by atoms with van der Waals surface area (Å²) in [4.78, 5) is 12.4. The number of ether oxygens (including phenoxy) is 1. The number of nitrogens with one attached hydrogen (secondary N) is 1. The van der Waals surface area contributed by atoms with Gasteiger partial charge in [-0.15, -0.1) is 16.8 Å². The summed E-state index contributed by atoms with van der Waals surface area (Å²) in [6, 6.07) is 8.20. The van der Waals surface area contributed by atoms with E-state index >= 15 is 0 Å². The van der Waals surface area contributed by atoms with Gasteiger partial charge < -0.3 is 10.1 Å². The molecule has 1 aromatic carbocycles. The smallest absolute Gasteiger partial charge is 0.230 e. The molecule has 0 aliphatic heterocycles. The zero-order chi connectivity index (χ0) is 20.6. The molecule has 0 bridgehead atoms. The van der Waals surface area contributed by atoms with Crippen molar-refractivity contribution in [2.45, 2.75) is 63.9 Å². The van der Waals surface area contributed by atoms with Crippen LogP contribution in [0.1, 0.15) is 44.0 Å². The van der Waals surface area contributed by atoms with Gasteiger partial charge in [0.15, 0.2) is 11.0 Å². The van der Waals surface area contributed by atoms with Gasteiger partial charge >= 0.3 is 0 Å². The summed E-state index contributed by atoms with van der Waals surface area (Å²) in [6.45, 7) is 8.96. The van der Waals surface area contributed by atoms with Gasteiger partial charge in [0.2, 0.25) is 5.91 Å². The summed E-state index contributed by atoms with van der Waals surface area (Å²) in [5.41, 5.74) is 1.14. The van der Waals surface area contributed by atoms with Crippen LogP contribution in [0.4, 0.5) is 0 Å². The number of amides is 1. The van der Waals surface area contributed by atoms with E-state index < -0.39 is 0 Å². The zero-order valence-corrected chi connectivity index (χ0v) is 18.1. The number of hydrogen-bond donors (Lipinski definition) is 1. The first-order valence-electron chi connectivity index (χ1n) is 10.2. The Balaban J connectivity index is 1.57. The highest BCUT2D eigenvalue weighted by atomic mass is 32.2. The lowest BCUT2D eigenvalue weighted by atomic mass is 9.86. The highest BCUT2D eigenvalue weighted by Gasteiger charge is 2.23. The number of benzene rings is 1. The molecular weight excluding hydrogens is 384 g/mol. The van der Waals surface area contributed by atoms with Gasteiger partial charge in [-0.3, -0.25) is 9.36 Å². The van der Waals surface area contributed by atoms with Crippen molar-refractivity contribution >= 4 is 17.7 Å². The topological polar surface area (TPSA) is 69.0 Å². The maximum Gasteiger partial charge on any atom is 0.230 e. The minimum absolute atomic E-state index is 0.0551. The molecule has 1 heterocycles. The quantitative estimate of drug-likeness (QED) is 0.493. The van der Waals surface area contributed by atoms with Crippen LogP contribution in [0.5, 0.6) is 5.75 Å². The van der Waals surface area contributed by atoms with Gasteiger partial charge in [0.05, 0.1) is 5.75 Å². The second kappa shape index (κ2) is 10.5. The Morgan fingerprint density at radius 1 is 1.38 bits per heavy atom. The fourth-order valence-electron chi connectivity index (χ4n) is 3.61. The molecule has 1 N–H and O–H groups in total. The maximum atomic E-state index is 12.4. The summed E-state index contributed by atoms with van der Waals surface area (Å²) >= 11 is 1.40. The van der Waals surface area contributed by atoms with E-state index in [-0.39, 0.29) is 5.91 Å². The maximum absolute atomic E-state index is 12.4. The van der Waals surface area contributed by atoms with Crippen LogP contribution in [0.15, 0.2) is 42.1 Å². The monoisotopic (exact) mass is 414 g/mol. The Hall–Kier alpha value is -2.28. The highest BCUT2D eigenvalue weighted by molar-refractivity contribution is 7.99. The number of carbonyl (C=O) groups is 1. The molecule has 1 aliphatic rings. The predicted molar refractivity (Wildman–Crippen MR) is 116 cm³/mol. The first kappa shape index (κ1) is 21.4. The van der Waals surface area contributed by atoms with Crippen molar-refractivity contribution in [2.24, 2.45) is 5.92 Å². The van der Waals surface area contributed by atoms with E-state index in [1.807, 2.05) is 35.8 Å². The summed E-state index contributed by atoms with van der Waals surface area (Å²) in [6.07, 6.45) is 6.52. The second-order valence-electron chi connectivity index (χ2n) is 7.63. The molecule has 1 amide bonds. The largest absolute Gasteiger partial charge is 0.486 e. The van der Waals surface area contributed by atoms with Gasteiger partial charge in [0.1, 0.15) is 12.4 Å². The van der Waals surface area contributed by atoms with E-state index in [4.69, 9.17) is 4.74 Å². The molecule has 0 unspecified atom stereocenters. The molecule has 6 nitrogen and oxygen atoms in total. The normalized spacial score (nSPS) is 19.0. The molecule has 3 rings (SSSR count). The standard InChI is InChI=1S/C22H30N4O2S/c1-4-12-26-20(14-28-18-10-7-8-16(2)13-18)24-25-22(26)29-15-21(27)23-19-11-6-5-9-17(19)3/h4,7-8,10,13,17,19H,1,5-6,9,11-12,14-15H2,2-3H3,(H,23,27)/t17-,19+/m1/s1. The number of aromatic nitrogens is 3. The average Bonchev–Trinajstić information content (AvgIpc) is 3.09. The molecular formula is C22H30N4O2S. The van der Waals surface area contributed by atoms with Crippen LogP contribution < -0.4 is 10.1 Å². The van der Waals surface area contributed by atoms with Gasteiger partial charge in [0, 0.05) is 12.6 Å². The van der Waals surface area contributed by atoms with Crippen molar-refractivity contribution in [3.8, 4) is 5.75 Å². The van der Waals surface area contributed by atoms with Crippen LogP contribution in [0.25, 0.3) is 0 Å². The van der Waals surface area contributed by atoms with Crippen molar-refractivity contribution in [3.63, 3.8) is 0 Å². The molecule has 156 valence electrons. The molecule has 2 atom stereocenters. The number of aryl methyl sites for hydroxylation is 1. The van der Waals surface area contributed by atoms with E-state index in [2.05, 4.69) is 29.0 Å². The first-order valence-corrected chi connectivity index (χ1v) is 11.2. The van der Waals surface area contributed by atoms with E-state index in [1.165, 1.54) is 31.0 Å². The molecule has 0 saturated heterocycles. The summed E-state index contributed by atoms with van der Waals surface area (Å²) < 4.78 is 7.81. The Labute approximate surface area is 177 Å². The lowest BCUT2D eigenvalue weighted by molar-refractivity contribution is -0.119. The Morgan fingerprint density at radius 3 is 2.97 bits per heavy atom. The summed E-state index contributed by atoms with van der Waals surface area (Å²) in [5.74, 6) is 2.45. The minimum atomic E-state index is 0.0551. The van der Waals surface area contributed by atoms with Crippen molar-refractivity contribution in [1.29, 1.82) is 0 Å². The number of allylic oxidation sites excluding steroid dienone is 1.